The van der Waals surface area contributed by atoms with Crippen LogP contribution in [0.1, 0.15) is 18.0 Å². The molecule has 4 unspecified atom stereocenters. The molecule has 1 fully saturated rings. The summed E-state index contributed by atoms with van der Waals surface area (Å²) in [5, 5.41) is 3.46. The molecule has 1 aromatic carbocycles. The van der Waals surface area contributed by atoms with Crippen molar-refractivity contribution in [1.29, 1.82) is 0 Å². The van der Waals surface area contributed by atoms with Gasteiger partial charge in [-0.1, -0.05) is 42.5 Å². The number of halogens is 1. The van der Waals surface area contributed by atoms with Crippen LogP contribution in [0.4, 0.5) is 0 Å². The number of carbonyl (C=O) groups is 1. The summed E-state index contributed by atoms with van der Waals surface area (Å²) < 4.78 is 0. The van der Waals surface area contributed by atoms with Gasteiger partial charge in [-0.15, -0.1) is 11.6 Å². The van der Waals surface area contributed by atoms with Gasteiger partial charge in [-0.05, 0) is 12.0 Å². The third kappa shape index (κ3) is 2.48. The number of amides is 1. The molecule has 0 saturated carbocycles. The summed E-state index contributed by atoms with van der Waals surface area (Å²) in [6.45, 7) is 0.379. The number of allylic oxidation sites excluding steroid dienone is 1. The molecule has 3 nitrogen and oxygen atoms in total. The molecule has 0 radical (unpaired) electrons. The van der Waals surface area contributed by atoms with Crippen LogP contribution in [0.25, 0.3) is 0 Å². The van der Waals surface area contributed by atoms with Crippen LogP contribution in [0.15, 0.2) is 42.5 Å². The highest BCUT2D eigenvalue weighted by Crippen LogP contribution is 2.37. The van der Waals surface area contributed by atoms with Gasteiger partial charge in [-0.2, -0.15) is 0 Å². The van der Waals surface area contributed by atoms with Crippen molar-refractivity contribution in [3.63, 3.8) is 0 Å². The Morgan fingerprint density at radius 2 is 2.00 bits per heavy atom. The number of alkyl halides is 1. The quantitative estimate of drug-likeness (QED) is 0.636. The van der Waals surface area contributed by atoms with Gasteiger partial charge in [0.25, 0.3) is 0 Å². The van der Waals surface area contributed by atoms with Gasteiger partial charge in [0.1, 0.15) is 0 Å². The summed E-state index contributed by atoms with van der Waals surface area (Å²) in [7, 11) is 1.88. The minimum absolute atomic E-state index is 0.0471. The van der Waals surface area contributed by atoms with E-state index in [1.165, 1.54) is 5.56 Å². The Hall–Kier alpha value is -1.32. The molecule has 3 rings (SSSR count). The van der Waals surface area contributed by atoms with Crippen molar-refractivity contribution in [2.24, 2.45) is 5.92 Å². The lowest BCUT2D eigenvalue weighted by Crippen LogP contribution is -2.43. The number of carbonyl (C=O) groups excluding carboxylic acids is 1. The lowest BCUT2D eigenvalue weighted by molar-refractivity contribution is -0.129. The van der Waals surface area contributed by atoms with E-state index in [-0.39, 0.29) is 23.4 Å². The molecule has 1 amide bonds. The van der Waals surface area contributed by atoms with Crippen molar-refractivity contribution in [3.05, 3.63) is 48.0 Å². The van der Waals surface area contributed by atoms with Crippen LogP contribution in [-0.2, 0) is 4.79 Å². The number of hydrogen-bond acceptors (Lipinski definition) is 2. The van der Waals surface area contributed by atoms with E-state index >= 15 is 0 Å². The predicted molar refractivity (Wildman–Crippen MR) is 80.6 cm³/mol. The molecule has 1 aliphatic carbocycles. The third-order valence-corrected chi connectivity index (χ3v) is 4.68. The monoisotopic (exact) mass is 290 g/mol. The van der Waals surface area contributed by atoms with Crippen molar-refractivity contribution >= 4 is 17.5 Å². The fourth-order valence-electron chi connectivity index (χ4n) is 3.27. The number of likely N-dealkylation sites (N-methyl/N-ethyl adjacent to an activating group) is 1. The van der Waals surface area contributed by atoms with Crippen molar-refractivity contribution < 1.29 is 4.79 Å². The maximum absolute atomic E-state index is 12.1. The Labute approximate surface area is 124 Å². The van der Waals surface area contributed by atoms with Gasteiger partial charge in [0, 0.05) is 19.0 Å². The van der Waals surface area contributed by atoms with Gasteiger partial charge in [0.15, 0.2) is 0 Å². The molecule has 1 N–H and O–H groups in total. The maximum atomic E-state index is 12.1. The summed E-state index contributed by atoms with van der Waals surface area (Å²) in [6, 6.07) is 10.6. The number of rotatable bonds is 1. The Kier molecular flexibility index (Phi) is 3.81. The van der Waals surface area contributed by atoms with E-state index in [1.807, 2.05) is 36.2 Å². The van der Waals surface area contributed by atoms with Gasteiger partial charge >= 0.3 is 0 Å². The topological polar surface area (TPSA) is 32.3 Å². The van der Waals surface area contributed by atoms with Gasteiger partial charge in [0.2, 0.25) is 5.91 Å². The van der Waals surface area contributed by atoms with Crippen LogP contribution < -0.4 is 5.32 Å². The number of fused-ring (bicyclic) bond motifs is 1. The average molecular weight is 291 g/mol. The van der Waals surface area contributed by atoms with Gasteiger partial charge < -0.3 is 10.2 Å². The Morgan fingerprint density at radius 1 is 1.25 bits per heavy atom. The molecular formula is C16H19ClN2O. The summed E-state index contributed by atoms with van der Waals surface area (Å²) in [4.78, 5) is 14.0. The number of hydrogen-bond donors (Lipinski definition) is 1. The molecule has 4 heteroatoms. The molecule has 1 heterocycles. The minimum Gasteiger partial charge on any atom is -0.338 e. The number of benzene rings is 1. The zero-order valence-electron chi connectivity index (χ0n) is 11.5. The summed E-state index contributed by atoms with van der Waals surface area (Å²) in [6.07, 6.45) is 4.99. The predicted octanol–water partition coefficient (Wildman–Crippen LogP) is 2.34. The molecule has 1 saturated heterocycles. The first-order valence-electron chi connectivity index (χ1n) is 7.03. The summed E-state index contributed by atoms with van der Waals surface area (Å²) in [5.41, 5.74) is 1.23. The Balaban J connectivity index is 1.98. The molecule has 106 valence electrons. The van der Waals surface area contributed by atoms with Crippen molar-refractivity contribution in [2.75, 3.05) is 13.6 Å². The molecule has 1 aliphatic heterocycles. The fraction of sp³-hybridized carbons (Fsp3) is 0.438. The molecule has 0 aromatic heterocycles. The van der Waals surface area contributed by atoms with Crippen molar-refractivity contribution in [3.8, 4) is 0 Å². The first-order valence-corrected chi connectivity index (χ1v) is 7.47. The SMILES string of the molecule is CN1C(=O)CNC(c2ccccc2)C2CC(Cl)C=CC21. The summed E-state index contributed by atoms with van der Waals surface area (Å²) >= 11 is 6.31. The van der Waals surface area contributed by atoms with Crippen molar-refractivity contribution in [1.82, 2.24) is 10.2 Å². The van der Waals surface area contributed by atoms with E-state index in [0.29, 0.717) is 12.5 Å². The molecule has 0 spiro atoms. The molecular weight excluding hydrogens is 272 g/mol. The highest BCUT2D eigenvalue weighted by molar-refractivity contribution is 6.21. The zero-order valence-corrected chi connectivity index (χ0v) is 12.3. The highest BCUT2D eigenvalue weighted by Gasteiger charge is 2.39. The fourth-order valence-corrected chi connectivity index (χ4v) is 3.56. The standard InChI is InChI=1S/C16H19ClN2O/c1-19-14-8-7-12(17)9-13(14)16(18-10-15(19)20)11-5-3-2-4-6-11/h2-8,12-14,16,18H,9-10H2,1H3. The van der Waals surface area contributed by atoms with Crippen LogP contribution in [-0.4, -0.2) is 35.8 Å². The number of nitrogens with one attached hydrogen (secondary N) is 1. The van der Waals surface area contributed by atoms with Crippen LogP contribution >= 0.6 is 11.6 Å². The Bertz CT molecular complexity index is 516. The first kappa shape index (κ1) is 13.7. The zero-order chi connectivity index (χ0) is 14.1. The van der Waals surface area contributed by atoms with E-state index in [9.17, 15) is 4.79 Å². The molecule has 1 aromatic rings. The minimum atomic E-state index is 0.0471. The van der Waals surface area contributed by atoms with Crippen LogP contribution in [0, 0.1) is 5.92 Å². The van der Waals surface area contributed by atoms with E-state index in [2.05, 4.69) is 23.5 Å². The van der Waals surface area contributed by atoms with Crippen LogP contribution in [0.2, 0.25) is 0 Å². The lowest BCUT2D eigenvalue weighted by Gasteiger charge is -2.37. The average Bonchev–Trinajstić information content (AvgIpc) is 2.58. The van der Waals surface area contributed by atoms with Gasteiger partial charge in [-0.25, -0.2) is 0 Å². The normalized spacial score (nSPS) is 33.7. The van der Waals surface area contributed by atoms with E-state index in [1.54, 1.807) is 0 Å². The smallest absolute Gasteiger partial charge is 0.236 e. The van der Waals surface area contributed by atoms with E-state index < -0.39 is 0 Å². The number of nitrogens with zero attached hydrogens (tertiary/aromatic N) is 1. The Morgan fingerprint density at radius 3 is 2.75 bits per heavy atom. The van der Waals surface area contributed by atoms with E-state index in [4.69, 9.17) is 11.6 Å². The first-order chi connectivity index (χ1) is 9.66. The molecule has 4 atom stereocenters. The van der Waals surface area contributed by atoms with Crippen molar-refractivity contribution in [2.45, 2.75) is 23.9 Å². The summed E-state index contributed by atoms with van der Waals surface area (Å²) in [5.74, 6) is 0.442. The third-order valence-electron chi connectivity index (χ3n) is 4.35. The lowest BCUT2D eigenvalue weighted by atomic mass is 9.80. The maximum Gasteiger partial charge on any atom is 0.236 e. The molecule has 0 bridgehead atoms. The molecule has 2 aliphatic rings. The van der Waals surface area contributed by atoms with Gasteiger partial charge in [-0.3, -0.25) is 4.79 Å². The second-order valence-electron chi connectivity index (χ2n) is 5.56. The second-order valence-corrected chi connectivity index (χ2v) is 6.13. The largest absolute Gasteiger partial charge is 0.338 e. The van der Waals surface area contributed by atoms with Crippen LogP contribution in [0.3, 0.4) is 0 Å². The van der Waals surface area contributed by atoms with Gasteiger partial charge in [0.05, 0.1) is 18.0 Å². The van der Waals surface area contributed by atoms with Crippen LogP contribution in [0.5, 0.6) is 0 Å². The molecule has 20 heavy (non-hydrogen) atoms. The highest BCUT2D eigenvalue weighted by atomic mass is 35.5. The van der Waals surface area contributed by atoms with E-state index in [0.717, 1.165) is 6.42 Å². The second kappa shape index (κ2) is 5.58.